The average Bonchev–Trinajstić information content (AvgIpc) is 3.59. The maximum Gasteiger partial charge on any atom is 0.294 e. The van der Waals surface area contributed by atoms with Gasteiger partial charge in [0.1, 0.15) is 17.6 Å². The van der Waals surface area contributed by atoms with E-state index in [0.29, 0.717) is 31.1 Å². The predicted octanol–water partition coefficient (Wildman–Crippen LogP) is 5.29. The largest absolute Gasteiger partial charge is 0.368 e. The molecule has 0 unspecified atom stereocenters. The topological polar surface area (TPSA) is 89.7 Å². The number of carbonyl (C=O) groups is 3. The van der Waals surface area contributed by atoms with Crippen LogP contribution in [0.3, 0.4) is 0 Å². The minimum atomic E-state index is -0.439. The van der Waals surface area contributed by atoms with Gasteiger partial charge < -0.3 is 14.4 Å². The van der Waals surface area contributed by atoms with E-state index < -0.39 is 11.1 Å². The molecule has 0 bridgehead atoms. The lowest BCUT2D eigenvalue weighted by molar-refractivity contribution is -0.136. The van der Waals surface area contributed by atoms with Crippen molar-refractivity contribution in [2.75, 3.05) is 37.6 Å². The molecule has 3 aromatic rings. The summed E-state index contributed by atoms with van der Waals surface area (Å²) in [5.74, 6) is -0.657. The number of hydrogen-bond acceptors (Lipinski definition) is 7. The first-order chi connectivity index (χ1) is 19.9. The van der Waals surface area contributed by atoms with Crippen LogP contribution in [-0.4, -0.2) is 64.1 Å². The molecule has 2 aromatic heterocycles. The van der Waals surface area contributed by atoms with Crippen LogP contribution in [0.2, 0.25) is 0 Å². The van der Waals surface area contributed by atoms with Crippen molar-refractivity contribution < 1.29 is 14.4 Å². The molecule has 0 saturated carbocycles. The molecule has 6 rings (SSSR count). The van der Waals surface area contributed by atoms with Crippen LogP contribution < -0.4 is 4.90 Å². The fourth-order valence-corrected chi connectivity index (χ4v) is 8.22. The Balaban J connectivity index is 1.16. The van der Waals surface area contributed by atoms with E-state index in [1.54, 1.807) is 22.3 Å². The van der Waals surface area contributed by atoms with Gasteiger partial charge in [-0.2, -0.15) is 5.26 Å². The van der Waals surface area contributed by atoms with E-state index in [2.05, 4.69) is 27.7 Å². The molecule has 2 fully saturated rings. The van der Waals surface area contributed by atoms with Crippen LogP contribution in [0.4, 0.5) is 10.5 Å². The second-order valence-electron chi connectivity index (χ2n) is 10.6. The highest BCUT2D eigenvalue weighted by molar-refractivity contribution is 8.18. The number of benzene rings is 1. The minimum Gasteiger partial charge on any atom is -0.368 e. The molecule has 0 spiro atoms. The number of carbonyl (C=O) groups excluding carboxylic acids is 3. The van der Waals surface area contributed by atoms with Gasteiger partial charge in [0, 0.05) is 48.1 Å². The molecule has 1 aliphatic carbocycles. The number of piperazine rings is 1. The third kappa shape index (κ3) is 5.09. The summed E-state index contributed by atoms with van der Waals surface area (Å²) in [5, 5.41) is 10.5. The Hall–Kier alpha value is -3.81. The second-order valence-corrected chi connectivity index (χ2v) is 12.7. The van der Waals surface area contributed by atoms with Crippen LogP contribution in [-0.2, 0) is 22.4 Å². The van der Waals surface area contributed by atoms with E-state index >= 15 is 0 Å². The zero-order valence-corrected chi connectivity index (χ0v) is 24.8. The number of rotatable bonds is 5. The summed E-state index contributed by atoms with van der Waals surface area (Å²) in [7, 11) is 0. The summed E-state index contributed by atoms with van der Waals surface area (Å²) in [5.41, 5.74) is 5.76. The molecule has 0 N–H and O–H groups in total. The Labute approximate surface area is 247 Å². The first-order valence-electron chi connectivity index (χ1n) is 13.9. The standard InChI is InChI=1S/C31H31N5O3S2/c1-20-16-22(21(2)36(20)30-25(18-32)24-10-6-7-11-26(24)40-30)17-27-29(38)35(31(39)41-27)19-28(37)34-14-12-33(13-15-34)23-8-4-3-5-9-23/h3-5,8-9,16-17H,6-7,10-15,19H2,1-2H3. The van der Waals surface area contributed by atoms with Gasteiger partial charge in [0.25, 0.3) is 11.1 Å². The monoisotopic (exact) mass is 585 g/mol. The number of amides is 3. The van der Waals surface area contributed by atoms with Crippen molar-refractivity contribution in [3.63, 3.8) is 0 Å². The quantitative estimate of drug-likeness (QED) is 0.378. The summed E-state index contributed by atoms with van der Waals surface area (Å²) in [4.78, 5) is 45.8. The third-order valence-corrected chi connectivity index (χ3v) is 10.3. The Morgan fingerprint density at radius 3 is 2.51 bits per heavy atom. The molecule has 3 aliphatic rings. The SMILES string of the molecule is Cc1cc(C=C2SC(=O)N(CC(=O)N3CCN(c4ccccc4)CC3)C2=O)c(C)n1-c1sc2c(c1C#N)CCCC2. The van der Waals surface area contributed by atoms with Gasteiger partial charge in [0.2, 0.25) is 5.91 Å². The van der Waals surface area contributed by atoms with Crippen molar-refractivity contribution in [2.45, 2.75) is 39.5 Å². The smallest absolute Gasteiger partial charge is 0.294 e. The first-order valence-corrected chi connectivity index (χ1v) is 15.6. The number of imide groups is 1. The van der Waals surface area contributed by atoms with Crippen LogP contribution in [0.1, 0.15) is 45.8 Å². The summed E-state index contributed by atoms with van der Waals surface area (Å²) in [6, 6.07) is 14.5. The number of nitrogens with zero attached hydrogens (tertiary/aromatic N) is 5. The van der Waals surface area contributed by atoms with Gasteiger partial charge in [-0.15, -0.1) is 11.3 Å². The molecule has 8 nitrogen and oxygen atoms in total. The van der Waals surface area contributed by atoms with Crippen molar-refractivity contribution >= 4 is 51.9 Å². The predicted molar refractivity (Wildman–Crippen MR) is 162 cm³/mol. The van der Waals surface area contributed by atoms with Crippen molar-refractivity contribution in [1.82, 2.24) is 14.4 Å². The molecule has 1 aromatic carbocycles. The van der Waals surface area contributed by atoms with Crippen molar-refractivity contribution in [3.05, 3.63) is 74.3 Å². The van der Waals surface area contributed by atoms with Crippen LogP contribution in [0.25, 0.3) is 11.1 Å². The summed E-state index contributed by atoms with van der Waals surface area (Å²) in [6.07, 6.45) is 5.95. The van der Waals surface area contributed by atoms with Crippen molar-refractivity contribution in [3.8, 4) is 11.1 Å². The van der Waals surface area contributed by atoms with Crippen molar-refractivity contribution in [1.29, 1.82) is 5.26 Å². The lowest BCUT2D eigenvalue weighted by atomic mass is 9.96. The van der Waals surface area contributed by atoms with Crippen LogP contribution >= 0.6 is 23.1 Å². The second kappa shape index (κ2) is 11.2. The zero-order valence-electron chi connectivity index (χ0n) is 23.2. The van der Waals surface area contributed by atoms with Gasteiger partial charge in [-0.1, -0.05) is 18.2 Å². The molecule has 10 heteroatoms. The Morgan fingerprint density at radius 1 is 1.05 bits per heavy atom. The fourth-order valence-electron chi connectivity index (χ4n) is 5.94. The Morgan fingerprint density at radius 2 is 1.78 bits per heavy atom. The number of fused-ring (bicyclic) bond motifs is 1. The van der Waals surface area contributed by atoms with Crippen LogP contribution in [0.15, 0.2) is 41.3 Å². The lowest BCUT2D eigenvalue weighted by Crippen LogP contribution is -2.51. The number of aromatic nitrogens is 1. The van der Waals surface area contributed by atoms with E-state index in [-0.39, 0.29) is 12.5 Å². The average molecular weight is 586 g/mol. The van der Waals surface area contributed by atoms with Gasteiger partial charge in [0.15, 0.2) is 0 Å². The van der Waals surface area contributed by atoms with Gasteiger partial charge in [-0.3, -0.25) is 19.3 Å². The fraction of sp³-hybridized carbons (Fsp3) is 0.355. The van der Waals surface area contributed by atoms with E-state index in [4.69, 9.17) is 0 Å². The number of aryl methyl sites for hydroxylation is 2. The molecule has 2 saturated heterocycles. The van der Waals surface area contributed by atoms with E-state index in [1.807, 2.05) is 38.1 Å². The summed E-state index contributed by atoms with van der Waals surface area (Å²) >= 11 is 2.56. The zero-order chi connectivity index (χ0) is 28.7. The Bertz CT molecular complexity index is 1610. The Kier molecular flexibility index (Phi) is 7.49. The van der Waals surface area contributed by atoms with Crippen LogP contribution in [0.5, 0.6) is 0 Å². The number of thiophene rings is 1. The van der Waals surface area contributed by atoms with Gasteiger partial charge in [-0.05, 0) is 86.7 Å². The number of hydrogen-bond donors (Lipinski definition) is 0. The molecular weight excluding hydrogens is 555 g/mol. The van der Waals surface area contributed by atoms with Gasteiger partial charge >= 0.3 is 0 Å². The van der Waals surface area contributed by atoms with E-state index in [0.717, 1.165) is 75.5 Å². The van der Waals surface area contributed by atoms with Crippen molar-refractivity contribution in [2.24, 2.45) is 0 Å². The molecule has 0 radical (unpaired) electrons. The number of nitriles is 1. The third-order valence-electron chi connectivity index (χ3n) is 8.15. The molecule has 3 amide bonds. The molecular formula is C31H31N5O3S2. The highest BCUT2D eigenvalue weighted by Gasteiger charge is 2.38. The molecule has 0 atom stereocenters. The number of thioether (sulfide) groups is 1. The van der Waals surface area contributed by atoms with Gasteiger partial charge in [0.05, 0.1) is 10.5 Å². The number of para-hydroxylation sites is 1. The number of anilines is 1. The molecule has 4 heterocycles. The highest BCUT2D eigenvalue weighted by Crippen LogP contribution is 2.39. The minimum absolute atomic E-state index is 0.217. The molecule has 2 aliphatic heterocycles. The normalized spacial score (nSPS) is 18.3. The molecule has 41 heavy (non-hydrogen) atoms. The lowest BCUT2D eigenvalue weighted by Gasteiger charge is -2.36. The maximum absolute atomic E-state index is 13.3. The van der Waals surface area contributed by atoms with Gasteiger partial charge in [-0.25, -0.2) is 0 Å². The summed E-state index contributed by atoms with van der Waals surface area (Å²) < 4.78 is 2.09. The molecule has 210 valence electrons. The summed E-state index contributed by atoms with van der Waals surface area (Å²) in [6.45, 7) is 6.21. The van der Waals surface area contributed by atoms with Crippen LogP contribution in [0, 0.1) is 25.2 Å². The maximum atomic E-state index is 13.3. The van der Waals surface area contributed by atoms with E-state index in [9.17, 15) is 19.6 Å². The highest BCUT2D eigenvalue weighted by atomic mass is 32.2. The van der Waals surface area contributed by atoms with E-state index in [1.165, 1.54) is 10.4 Å². The first kappa shape index (κ1) is 27.4.